The molecule has 2 fully saturated rings. The van der Waals surface area contributed by atoms with Gasteiger partial charge < -0.3 is 14.6 Å². The zero-order valence-electron chi connectivity index (χ0n) is 16.4. The molecule has 1 aromatic carbocycles. The number of para-hydroxylation sites is 1. The fraction of sp³-hybridized carbons (Fsp3) is 0.591. The van der Waals surface area contributed by atoms with Crippen molar-refractivity contribution in [2.75, 3.05) is 13.1 Å². The molecule has 1 aliphatic heterocycles. The molecule has 2 aliphatic rings. The van der Waals surface area contributed by atoms with E-state index in [-0.39, 0.29) is 11.5 Å². The number of aromatic amines is 1. The van der Waals surface area contributed by atoms with Crippen molar-refractivity contribution < 1.29 is 9.53 Å². The summed E-state index contributed by atoms with van der Waals surface area (Å²) < 4.78 is 6.26. The zero-order chi connectivity index (χ0) is 19.3. The van der Waals surface area contributed by atoms with Crippen molar-refractivity contribution in [2.24, 2.45) is 0 Å². The van der Waals surface area contributed by atoms with E-state index < -0.39 is 0 Å². The number of nitrogens with zero attached hydrogens (tertiary/aromatic N) is 2. The highest BCUT2D eigenvalue weighted by Gasteiger charge is 2.26. The average molecular weight is 383 g/mol. The van der Waals surface area contributed by atoms with Crippen molar-refractivity contribution in [3.63, 3.8) is 0 Å². The van der Waals surface area contributed by atoms with Crippen LogP contribution in [-0.2, 0) is 16.0 Å². The third kappa shape index (κ3) is 4.61. The second-order valence-electron chi connectivity index (χ2n) is 8.01. The normalized spacial score (nSPS) is 19.2. The van der Waals surface area contributed by atoms with E-state index in [1.165, 1.54) is 32.1 Å². The van der Waals surface area contributed by atoms with E-state index in [0.717, 1.165) is 25.9 Å². The van der Waals surface area contributed by atoms with Crippen molar-refractivity contribution >= 4 is 16.8 Å². The van der Waals surface area contributed by atoms with Crippen LogP contribution in [0.1, 0.15) is 57.2 Å². The molecule has 2 heterocycles. The third-order valence-electron chi connectivity index (χ3n) is 5.97. The van der Waals surface area contributed by atoms with Crippen molar-refractivity contribution in [1.82, 2.24) is 14.9 Å². The van der Waals surface area contributed by atoms with Crippen LogP contribution in [0.2, 0.25) is 0 Å². The summed E-state index contributed by atoms with van der Waals surface area (Å²) in [6, 6.07) is 7.27. The number of hydrogen-bond acceptors (Lipinski definition) is 4. The van der Waals surface area contributed by atoms with Gasteiger partial charge in [-0.05, 0) is 37.8 Å². The van der Waals surface area contributed by atoms with Gasteiger partial charge in [-0.1, -0.05) is 31.4 Å². The minimum Gasteiger partial charge on any atom is -0.375 e. The van der Waals surface area contributed by atoms with Crippen LogP contribution >= 0.6 is 0 Å². The molecule has 0 radical (unpaired) electrons. The molecule has 1 saturated heterocycles. The lowest BCUT2D eigenvalue weighted by molar-refractivity contribution is -0.135. The molecule has 2 aromatic rings. The zero-order valence-corrected chi connectivity index (χ0v) is 16.4. The van der Waals surface area contributed by atoms with Gasteiger partial charge in [0, 0.05) is 25.9 Å². The fourth-order valence-electron chi connectivity index (χ4n) is 4.35. The molecule has 4 rings (SSSR count). The van der Waals surface area contributed by atoms with Gasteiger partial charge in [0.15, 0.2) is 0 Å². The molecule has 0 spiro atoms. The Labute approximate surface area is 165 Å². The minimum absolute atomic E-state index is 0.131. The number of amides is 1. The molecule has 28 heavy (non-hydrogen) atoms. The summed E-state index contributed by atoms with van der Waals surface area (Å²) in [4.78, 5) is 33.9. The molecular formula is C22H29N3O3. The Morgan fingerprint density at radius 1 is 1.07 bits per heavy atom. The molecule has 0 atom stereocenters. The summed E-state index contributed by atoms with van der Waals surface area (Å²) in [5, 5.41) is 0.581. The smallest absolute Gasteiger partial charge is 0.258 e. The number of piperidine rings is 1. The first-order valence-corrected chi connectivity index (χ1v) is 10.6. The summed E-state index contributed by atoms with van der Waals surface area (Å²) in [7, 11) is 0. The number of hydrogen-bond donors (Lipinski definition) is 1. The number of H-pyrrole nitrogens is 1. The predicted octanol–water partition coefficient (Wildman–Crippen LogP) is 3.20. The summed E-state index contributed by atoms with van der Waals surface area (Å²) >= 11 is 0. The van der Waals surface area contributed by atoms with Crippen LogP contribution in [0, 0.1) is 0 Å². The molecule has 0 bridgehead atoms. The van der Waals surface area contributed by atoms with Crippen molar-refractivity contribution in [3.05, 3.63) is 40.4 Å². The third-order valence-corrected chi connectivity index (χ3v) is 5.97. The molecule has 0 unspecified atom stereocenters. The number of carbonyl (C=O) groups is 1. The highest BCUT2D eigenvalue weighted by Crippen LogP contribution is 2.25. The Bertz CT molecular complexity index is 865. The highest BCUT2D eigenvalue weighted by atomic mass is 16.5. The van der Waals surface area contributed by atoms with Gasteiger partial charge in [0.2, 0.25) is 5.91 Å². The molecular weight excluding hydrogens is 354 g/mol. The lowest BCUT2D eigenvalue weighted by atomic mass is 9.97. The van der Waals surface area contributed by atoms with Crippen LogP contribution in [0.5, 0.6) is 0 Å². The fourth-order valence-corrected chi connectivity index (χ4v) is 4.35. The predicted molar refractivity (Wildman–Crippen MR) is 108 cm³/mol. The lowest BCUT2D eigenvalue weighted by Crippen LogP contribution is -2.42. The van der Waals surface area contributed by atoms with E-state index in [1.54, 1.807) is 6.07 Å². The highest BCUT2D eigenvalue weighted by molar-refractivity contribution is 5.78. The van der Waals surface area contributed by atoms with Gasteiger partial charge in [0.05, 0.1) is 23.1 Å². The molecule has 6 heteroatoms. The maximum Gasteiger partial charge on any atom is 0.258 e. The van der Waals surface area contributed by atoms with Crippen LogP contribution < -0.4 is 5.56 Å². The van der Waals surface area contributed by atoms with Gasteiger partial charge in [-0.3, -0.25) is 9.59 Å². The maximum absolute atomic E-state index is 12.6. The Balaban J connectivity index is 1.26. The Kier molecular flexibility index (Phi) is 6.05. The van der Waals surface area contributed by atoms with Gasteiger partial charge >= 0.3 is 0 Å². The quantitative estimate of drug-likeness (QED) is 0.860. The first-order valence-electron chi connectivity index (χ1n) is 10.6. The van der Waals surface area contributed by atoms with Gasteiger partial charge in [-0.2, -0.15) is 0 Å². The molecule has 1 N–H and O–H groups in total. The van der Waals surface area contributed by atoms with Crippen molar-refractivity contribution in [3.8, 4) is 0 Å². The van der Waals surface area contributed by atoms with E-state index in [9.17, 15) is 9.59 Å². The number of nitrogens with one attached hydrogen (secondary N) is 1. The molecule has 1 aliphatic carbocycles. The number of ether oxygens (including phenoxy) is 1. The molecule has 1 saturated carbocycles. The van der Waals surface area contributed by atoms with Crippen LogP contribution in [-0.4, -0.2) is 46.1 Å². The standard InChI is InChI=1S/C22H29N3O3/c26-21(11-10-20-23-19-9-5-4-8-18(19)22(27)24-20)25-14-12-17(13-15-25)28-16-6-2-1-3-7-16/h4-5,8-9,16-17H,1-3,6-7,10-15H2,(H,23,24,27). The van der Waals surface area contributed by atoms with E-state index in [2.05, 4.69) is 9.97 Å². The Morgan fingerprint density at radius 2 is 1.79 bits per heavy atom. The summed E-state index contributed by atoms with van der Waals surface area (Å²) in [6.45, 7) is 1.52. The number of benzene rings is 1. The summed E-state index contributed by atoms with van der Waals surface area (Å²) in [5.74, 6) is 0.708. The van der Waals surface area contributed by atoms with Crippen molar-refractivity contribution in [1.29, 1.82) is 0 Å². The topological polar surface area (TPSA) is 75.3 Å². The second kappa shape index (κ2) is 8.86. The van der Waals surface area contributed by atoms with Crippen LogP contribution in [0.3, 0.4) is 0 Å². The molecule has 150 valence electrons. The van der Waals surface area contributed by atoms with Gasteiger partial charge in [0.1, 0.15) is 5.82 Å². The minimum atomic E-state index is -0.145. The van der Waals surface area contributed by atoms with E-state index in [0.29, 0.717) is 41.8 Å². The monoisotopic (exact) mass is 383 g/mol. The first-order chi connectivity index (χ1) is 13.7. The van der Waals surface area contributed by atoms with Gasteiger partial charge in [-0.15, -0.1) is 0 Å². The van der Waals surface area contributed by atoms with Crippen molar-refractivity contribution in [2.45, 2.75) is 70.0 Å². The first kappa shape index (κ1) is 19.1. The molecule has 1 amide bonds. The number of rotatable bonds is 5. The maximum atomic E-state index is 12.6. The number of aromatic nitrogens is 2. The van der Waals surface area contributed by atoms with E-state index in [4.69, 9.17) is 4.74 Å². The number of aryl methyl sites for hydroxylation is 1. The summed E-state index contributed by atoms with van der Waals surface area (Å²) in [5.41, 5.74) is 0.531. The average Bonchev–Trinajstić information content (AvgIpc) is 2.73. The Hall–Kier alpha value is -2.21. The van der Waals surface area contributed by atoms with Crippen LogP contribution in [0.4, 0.5) is 0 Å². The second-order valence-corrected chi connectivity index (χ2v) is 8.01. The van der Waals surface area contributed by atoms with Crippen LogP contribution in [0.25, 0.3) is 10.9 Å². The summed E-state index contributed by atoms with van der Waals surface area (Å²) in [6.07, 6.45) is 9.69. The van der Waals surface area contributed by atoms with E-state index in [1.807, 2.05) is 23.1 Å². The largest absolute Gasteiger partial charge is 0.375 e. The van der Waals surface area contributed by atoms with E-state index >= 15 is 0 Å². The molecule has 1 aromatic heterocycles. The number of fused-ring (bicyclic) bond motifs is 1. The molecule has 6 nitrogen and oxygen atoms in total. The number of carbonyl (C=O) groups excluding carboxylic acids is 1. The van der Waals surface area contributed by atoms with Gasteiger partial charge in [-0.25, -0.2) is 4.98 Å². The van der Waals surface area contributed by atoms with Gasteiger partial charge in [0.25, 0.3) is 5.56 Å². The SMILES string of the molecule is O=C(CCc1nc2ccccc2c(=O)[nH]1)N1CCC(OC2CCCCC2)CC1. The Morgan fingerprint density at radius 3 is 2.57 bits per heavy atom. The lowest BCUT2D eigenvalue weighted by Gasteiger charge is -2.35. The van der Waals surface area contributed by atoms with Crippen LogP contribution in [0.15, 0.2) is 29.1 Å². The number of likely N-dealkylation sites (tertiary alicyclic amines) is 1.